The average molecular weight is 367 g/mol. The van der Waals surface area contributed by atoms with Crippen LogP contribution in [0.4, 0.5) is 0 Å². The average Bonchev–Trinajstić information content (AvgIpc) is 2.69. The Kier molecular flexibility index (Phi) is 7.20. The van der Waals surface area contributed by atoms with Crippen molar-refractivity contribution in [2.45, 2.75) is 19.8 Å². The molecule has 7 heteroatoms. The molecular weight excluding hydrogens is 346 g/mol. The summed E-state index contributed by atoms with van der Waals surface area (Å²) >= 11 is 0. The second kappa shape index (κ2) is 9.82. The normalized spacial score (nSPS) is 10.0. The Bertz CT molecular complexity index is 826. The predicted molar refractivity (Wildman–Crippen MR) is 99.0 cm³/mol. The van der Waals surface area contributed by atoms with Crippen LogP contribution in [0.15, 0.2) is 48.5 Å². The zero-order chi connectivity index (χ0) is 19.6. The summed E-state index contributed by atoms with van der Waals surface area (Å²) in [6, 6.07) is 16.0. The molecule has 7 nitrogen and oxygen atoms in total. The molecule has 2 N–H and O–H groups in total. The molecule has 0 bridgehead atoms. The first-order valence-electron chi connectivity index (χ1n) is 8.42. The third-order valence-corrected chi connectivity index (χ3v) is 3.62. The Labute approximate surface area is 157 Å². The number of carbonyl (C=O) groups excluding carboxylic acids is 2. The smallest absolute Gasteiger partial charge is 0.276 e. The van der Waals surface area contributed by atoms with Gasteiger partial charge in [-0.2, -0.15) is 5.26 Å². The molecule has 0 atom stereocenters. The fourth-order valence-electron chi connectivity index (χ4n) is 2.14. The van der Waals surface area contributed by atoms with Crippen molar-refractivity contribution in [3.63, 3.8) is 0 Å². The van der Waals surface area contributed by atoms with Crippen LogP contribution >= 0.6 is 0 Å². The van der Waals surface area contributed by atoms with Crippen LogP contribution in [0.25, 0.3) is 0 Å². The Morgan fingerprint density at radius 1 is 0.963 bits per heavy atom. The fourth-order valence-corrected chi connectivity index (χ4v) is 2.14. The van der Waals surface area contributed by atoms with Crippen LogP contribution in [0.1, 0.15) is 30.9 Å². The molecule has 140 valence electrons. The highest BCUT2D eigenvalue weighted by atomic mass is 16.5. The van der Waals surface area contributed by atoms with E-state index in [1.807, 2.05) is 18.2 Å². The van der Waals surface area contributed by atoms with Gasteiger partial charge in [-0.15, -0.1) is 0 Å². The van der Waals surface area contributed by atoms with Gasteiger partial charge in [0.25, 0.3) is 11.8 Å². The summed E-state index contributed by atoms with van der Waals surface area (Å²) in [6.07, 6.45) is 0. The Balaban J connectivity index is 1.70. The van der Waals surface area contributed by atoms with Crippen molar-refractivity contribution in [3.8, 4) is 17.6 Å². The van der Waals surface area contributed by atoms with E-state index in [-0.39, 0.29) is 13.2 Å². The van der Waals surface area contributed by atoms with Crippen molar-refractivity contribution >= 4 is 11.8 Å². The van der Waals surface area contributed by atoms with Crippen LogP contribution in [0.3, 0.4) is 0 Å². The zero-order valence-electron chi connectivity index (χ0n) is 15.2. The molecule has 0 heterocycles. The molecule has 0 saturated carbocycles. The number of nitrogens with one attached hydrogen (secondary N) is 2. The minimum absolute atomic E-state index is 0.237. The van der Waals surface area contributed by atoms with Crippen molar-refractivity contribution in [1.82, 2.24) is 10.9 Å². The molecule has 0 fully saturated rings. The van der Waals surface area contributed by atoms with Crippen LogP contribution in [0.5, 0.6) is 11.5 Å². The molecule has 27 heavy (non-hydrogen) atoms. The molecule has 0 aliphatic rings. The van der Waals surface area contributed by atoms with Crippen molar-refractivity contribution in [2.75, 3.05) is 13.2 Å². The summed E-state index contributed by atoms with van der Waals surface area (Å²) in [4.78, 5) is 23.5. The van der Waals surface area contributed by atoms with Gasteiger partial charge in [0.15, 0.2) is 13.2 Å². The second-order valence-electron chi connectivity index (χ2n) is 6.01. The number of nitrogens with zero attached hydrogens (tertiary/aromatic N) is 1. The Hall–Kier alpha value is -3.53. The predicted octanol–water partition coefficient (Wildman–Crippen LogP) is 2.29. The number of benzene rings is 2. The maximum absolute atomic E-state index is 11.7. The van der Waals surface area contributed by atoms with Crippen LogP contribution in [0, 0.1) is 11.3 Å². The first-order chi connectivity index (χ1) is 13.0. The van der Waals surface area contributed by atoms with E-state index in [1.54, 1.807) is 36.4 Å². The number of carbonyl (C=O) groups is 2. The van der Waals surface area contributed by atoms with E-state index in [2.05, 4.69) is 24.7 Å². The van der Waals surface area contributed by atoms with E-state index in [9.17, 15) is 9.59 Å². The number of para-hydroxylation sites is 1. The fraction of sp³-hybridized carbons (Fsp3) is 0.250. The Morgan fingerprint density at radius 3 is 2.15 bits per heavy atom. The van der Waals surface area contributed by atoms with Gasteiger partial charge in [0, 0.05) is 0 Å². The van der Waals surface area contributed by atoms with Crippen molar-refractivity contribution in [3.05, 3.63) is 59.7 Å². The summed E-state index contributed by atoms with van der Waals surface area (Å²) < 4.78 is 10.6. The minimum Gasteiger partial charge on any atom is -0.484 e. The molecule has 0 spiro atoms. The maximum Gasteiger partial charge on any atom is 0.276 e. The number of ether oxygens (including phenoxy) is 2. The quantitative estimate of drug-likeness (QED) is 0.731. The van der Waals surface area contributed by atoms with Gasteiger partial charge in [-0.3, -0.25) is 20.4 Å². The van der Waals surface area contributed by atoms with Crippen LogP contribution in [0.2, 0.25) is 0 Å². The van der Waals surface area contributed by atoms with E-state index in [1.165, 1.54) is 5.56 Å². The number of nitriles is 1. The molecule has 2 rings (SSSR count). The minimum atomic E-state index is -0.558. The van der Waals surface area contributed by atoms with Crippen LogP contribution in [-0.2, 0) is 9.59 Å². The number of hydrazine groups is 1. The van der Waals surface area contributed by atoms with Gasteiger partial charge < -0.3 is 9.47 Å². The highest BCUT2D eigenvalue weighted by molar-refractivity contribution is 5.83. The lowest BCUT2D eigenvalue weighted by Gasteiger charge is -2.11. The molecule has 2 aromatic rings. The van der Waals surface area contributed by atoms with E-state index < -0.39 is 11.8 Å². The Morgan fingerprint density at radius 2 is 1.56 bits per heavy atom. The summed E-state index contributed by atoms with van der Waals surface area (Å²) in [6.45, 7) is 3.61. The summed E-state index contributed by atoms with van der Waals surface area (Å²) in [7, 11) is 0. The van der Waals surface area contributed by atoms with Gasteiger partial charge in [-0.05, 0) is 35.7 Å². The summed E-state index contributed by atoms with van der Waals surface area (Å²) in [5.74, 6) is 0.220. The van der Waals surface area contributed by atoms with Gasteiger partial charge in [0.1, 0.15) is 17.6 Å². The number of rotatable bonds is 7. The van der Waals surface area contributed by atoms with Crippen LogP contribution < -0.4 is 20.3 Å². The monoisotopic (exact) mass is 367 g/mol. The van der Waals surface area contributed by atoms with Gasteiger partial charge in [-0.1, -0.05) is 38.1 Å². The van der Waals surface area contributed by atoms with Crippen molar-refractivity contribution in [1.29, 1.82) is 5.26 Å². The standard InChI is InChI=1S/C20H21N3O4/c1-14(2)15-7-9-17(10-8-15)26-12-19(24)22-23-20(25)13-27-18-6-4-3-5-16(18)11-21/h3-10,14H,12-13H2,1-2H3,(H,22,24)(H,23,25). The first-order valence-corrected chi connectivity index (χ1v) is 8.42. The largest absolute Gasteiger partial charge is 0.484 e. The molecule has 2 aromatic carbocycles. The number of hydrogen-bond donors (Lipinski definition) is 2. The zero-order valence-corrected chi connectivity index (χ0v) is 15.2. The van der Waals surface area contributed by atoms with Crippen LogP contribution in [-0.4, -0.2) is 25.0 Å². The number of hydrogen-bond acceptors (Lipinski definition) is 5. The third kappa shape index (κ3) is 6.36. The first kappa shape index (κ1) is 19.8. The van der Waals surface area contributed by atoms with E-state index in [0.717, 1.165) is 0 Å². The lowest BCUT2D eigenvalue weighted by molar-refractivity contribution is -0.131. The topological polar surface area (TPSA) is 100 Å². The molecule has 0 unspecified atom stereocenters. The summed E-state index contributed by atoms with van der Waals surface area (Å²) in [5.41, 5.74) is 5.97. The van der Waals surface area contributed by atoms with E-state index >= 15 is 0 Å². The maximum atomic E-state index is 11.7. The SMILES string of the molecule is CC(C)c1ccc(OCC(=O)NNC(=O)COc2ccccc2C#N)cc1. The van der Waals surface area contributed by atoms with Crippen molar-refractivity contribution < 1.29 is 19.1 Å². The second-order valence-corrected chi connectivity index (χ2v) is 6.01. The molecule has 0 radical (unpaired) electrons. The van der Waals surface area contributed by atoms with E-state index in [4.69, 9.17) is 14.7 Å². The van der Waals surface area contributed by atoms with Gasteiger partial charge in [0.05, 0.1) is 5.56 Å². The van der Waals surface area contributed by atoms with E-state index in [0.29, 0.717) is 23.0 Å². The number of amides is 2. The lowest BCUT2D eigenvalue weighted by Crippen LogP contribution is -2.45. The van der Waals surface area contributed by atoms with Gasteiger partial charge >= 0.3 is 0 Å². The highest BCUT2D eigenvalue weighted by Gasteiger charge is 2.08. The molecular formula is C20H21N3O4. The lowest BCUT2D eigenvalue weighted by atomic mass is 10.0. The van der Waals surface area contributed by atoms with Gasteiger partial charge in [0.2, 0.25) is 0 Å². The van der Waals surface area contributed by atoms with Gasteiger partial charge in [-0.25, -0.2) is 0 Å². The molecule has 0 saturated heterocycles. The molecule has 0 aliphatic carbocycles. The molecule has 0 aliphatic heterocycles. The van der Waals surface area contributed by atoms with Crippen molar-refractivity contribution in [2.24, 2.45) is 0 Å². The molecule has 2 amide bonds. The highest BCUT2D eigenvalue weighted by Crippen LogP contribution is 2.18. The summed E-state index contributed by atoms with van der Waals surface area (Å²) in [5, 5.41) is 8.95. The molecule has 0 aromatic heterocycles. The third-order valence-electron chi connectivity index (χ3n) is 3.62.